The Morgan fingerprint density at radius 2 is 1.82 bits per heavy atom. The lowest BCUT2D eigenvalue weighted by Crippen LogP contribution is -2.52. The Balaban J connectivity index is 0.000000406. The largest absolute Gasteiger partial charge is 0.490 e. The summed E-state index contributed by atoms with van der Waals surface area (Å²) in [4.78, 5) is 28.3. The summed E-state index contributed by atoms with van der Waals surface area (Å²) in [5.41, 5.74) is -0.445. The van der Waals surface area contributed by atoms with Crippen LogP contribution in [0, 0.1) is 0 Å². The van der Waals surface area contributed by atoms with Gasteiger partial charge in [-0.15, -0.1) is 0 Å². The van der Waals surface area contributed by atoms with Crippen LogP contribution < -0.4 is 0 Å². The molecule has 3 saturated heterocycles. The third-order valence-electron chi connectivity index (χ3n) is 6.14. The van der Waals surface area contributed by atoms with E-state index in [1.54, 1.807) is 11.9 Å². The van der Waals surface area contributed by atoms with Crippen LogP contribution in [0.5, 0.6) is 0 Å². The number of carboxylic acids is 1. The lowest BCUT2D eigenvalue weighted by atomic mass is 10.1. The average molecular weight is 497 g/mol. The van der Waals surface area contributed by atoms with Crippen LogP contribution in [0.3, 0.4) is 0 Å². The summed E-state index contributed by atoms with van der Waals surface area (Å²) in [6, 6.07) is 0.136. The first-order chi connectivity index (χ1) is 16.0. The quantitative estimate of drug-likeness (QED) is 0.619. The maximum absolute atomic E-state index is 13.2. The van der Waals surface area contributed by atoms with Gasteiger partial charge in [-0.05, 0) is 25.9 Å². The van der Waals surface area contributed by atoms with Crippen LogP contribution in [-0.2, 0) is 16.6 Å². The molecule has 192 valence electrons. The number of fused-ring (bicyclic) bond motifs is 1. The van der Waals surface area contributed by atoms with Gasteiger partial charge in [0, 0.05) is 46.0 Å². The SMILES string of the molecule is Cn1cc(C(=O)N2C[C@@H]3OCCN(CCN4CCCC4)[C@@H]3C2)c(C(F)F)n1.O=C(O)C(F)(F)F. The zero-order chi connectivity index (χ0) is 25.0. The molecule has 9 nitrogen and oxygen atoms in total. The van der Waals surface area contributed by atoms with Crippen molar-refractivity contribution >= 4 is 11.9 Å². The number of rotatable bonds is 5. The second kappa shape index (κ2) is 11.0. The van der Waals surface area contributed by atoms with E-state index < -0.39 is 24.3 Å². The molecule has 1 aromatic rings. The lowest BCUT2D eigenvalue weighted by Gasteiger charge is -2.37. The van der Waals surface area contributed by atoms with E-state index in [1.165, 1.54) is 36.8 Å². The maximum Gasteiger partial charge on any atom is 0.490 e. The summed E-state index contributed by atoms with van der Waals surface area (Å²) < 4.78 is 65.3. The number of carboxylic acid groups (broad SMARTS) is 1. The summed E-state index contributed by atoms with van der Waals surface area (Å²) in [5, 5.41) is 10.9. The Bertz CT molecular complexity index is 859. The zero-order valence-corrected chi connectivity index (χ0v) is 18.7. The van der Waals surface area contributed by atoms with Crippen LogP contribution in [-0.4, -0.2) is 112 Å². The van der Waals surface area contributed by atoms with E-state index in [-0.39, 0.29) is 23.6 Å². The van der Waals surface area contributed by atoms with Gasteiger partial charge in [0.05, 0.1) is 24.3 Å². The van der Waals surface area contributed by atoms with Crippen molar-refractivity contribution in [3.8, 4) is 0 Å². The molecule has 4 rings (SSSR count). The van der Waals surface area contributed by atoms with Gasteiger partial charge in [-0.3, -0.25) is 14.4 Å². The molecule has 1 aromatic heterocycles. The molecule has 0 aromatic carbocycles. The number of alkyl halides is 5. The van der Waals surface area contributed by atoms with Crippen molar-refractivity contribution in [1.29, 1.82) is 0 Å². The molecular weight excluding hydrogens is 469 g/mol. The topological polar surface area (TPSA) is 91.1 Å². The highest BCUT2D eigenvalue weighted by Gasteiger charge is 2.43. The molecule has 0 unspecified atom stereocenters. The molecular formula is C20H28F5N5O4. The molecule has 3 aliphatic rings. The molecule has 3 fully saturated rings. The molecule has 4 heterocycles. The number of morpholine rings is 1. The molecule has 1 amide bonds. The minimum absolute atomic E-state index is 0.00485. The molecule has 0 radical (unpaired) electrons. The first-order valence-corrected chi connectivity index (χ1v) is 11.0. The van der Waals surface area contributed by atoms with Crippen molar-refractivity contribution in [2.75, 3.05) is 52.4 Å². The summed E-state index contributed by atoms with van der Waals surface area (Å²) >= 11 is 0. The van der Waals surface area contributed by atoms with Gasteiger partial charge in [0.2, 0.25) is 0 Å². The number of carbonyl (C=O) groups excluding carboxylic acids is 1. The van der Waals surface area contributed by atoms with Crippen LogP contribution in [0.1, 0.15) is 35.3 Å². The highest BCUT2D eigenvalue weighted by atomic mass is 19.4. The molecule has 3 aliphatic heterocycles. The Morgan fingerprint density at radius 1 is 1.18 bits per heavy atom. The fourth-order valence-electron chi connectivity index (χ4n) is 4.48. The van der Waals surface area contributed by atoms with E-state index in [1.807, 2.05) is 0 Å². The normalized spacial score (nSPS) is 23.7. The molecule has 1 N–H and O–H groups in total. The van der Waals surface area contributed by atoms with Crippen molar-refractivity contribution in [3.63, 3.8) is 0 Å². The number of hydrogen-bond acceptors (Lipinski definition) is 6. The number of halogens is 5. The predicted molar refractivity (Wildman–Crippen MR) is 109 cm³/mol. The number of nitrogens with zero attached hydrogens (tertiary/aromatic N) is 5. The van der Waals surface area contributed by atoms with E-state index in [2.05, 4.69) is 14.9 Å². The fourth-order valence-corrected chi connectivity index (χ4v) is 4.48. The van der Waals surface area contributed by atoms with Crippen LogP contribution in [0.15, 0.2) is 6.20 Å². The van der Waals surface area contributed by atoms with E-state index in [4.69, 9.17) is 14.6 Å². The van der Waals surface area contributed by atoms with Gasteiger partial charge in [-0.2, -0.15) is 18.3 Å². The Morgan fingerprint density at radius 3 is 2.41 bits per heavy atom. The number of carbonyl (C=O) groups is 2. The van der Waals surface area contributed by atoms with Crippen molar-refractivity contribution in [2.45, 2.75) is 37.6 Å². The first kappa shape index (κ1) is 26.3. The van der Waals surface area contributed by atoms with Crippen LogP contribution in [0.4, 0.5) is 22.0 Å². The summed E-state index contributed by atoms with van der Waals surface area (Å²) in [5.74, 6) is -3.14. The number of ether oxygens (including phenoxy) is 1. The van der Waals surface area contributed by atoms with Crippen molar-refractivity contribution in [1.82, 2.24) is 24.5 Å². The van der Waals surface area contributed by atoms with Gasteiger partial charge in [-0.25, -0.2) is 13.6 Å². The van der Waals surface area contributed by atoms with Crippen molar-refractivity contribution < 1.29 is 41.4 Å². The second-order valence-electron chi connectivity index (χ2n) is 8.48. The highest BCUT2D eigenvalue weighted by Crippen LogP contribution is 2.27. The minimum atomic E-state index is -5.08. The number of likely N-dealkylation sites (tertiary alicyclic amines) is 2. The Kier molecular flexibility index (Phi) is 8.47. The third-order valence-corrected chi connectivity index (χ3v) is 6.14. The monoisotopic (exact) mass is 497 g/mol. The van der Waals surface area contributed by atoms with Gasteiger partial charge >= 0.3 is 12.1 Å². The van der Waals surface area contributed by atoms with Crippen LogP contribution in [0.25, 0.3) is 0 Å². The van der Waals surface area contributed by atoms with Crippen LogP contribution in [0.2, 0.25) is 0 Å². The van der Waals surface area contributed by atoms with Gasteiger partial charge in [0.1, 0.15) is 5.69 Å². The minimum Gasteiger partial charge on any atom is -0.475 e. The van der Waals surface area contributed by atoms with E-state index in [0.717, 1.165) is 19.6 Å². The molecule has 2 atom stereocenters. The summed E-state index contributed by atoms with van der Waals surface area (Å²) in [7, 11) is 1.55. The van der Waals surface area contributed by atoms with Gasteiger partial charge in [0.25, 0.3) is 12.3 Å². The van der Waals surface area contributed by atoms with E-state index in [0.29, 0.717) is 19.7 Å². The number of aromatic nitrogens is 2. The average Bonchev–Trinajstić information content (AvgIpc) is 3.50. The van der Waals surface area contributed by atoms with Crippen LogP contribution >= 0.6 is 0 Å². The number of aryl methyl sites for hydroxylation is 1. The maximum atomic E-state index is 13.2. The number of amides is 1. The fraction of sp³-hybridized carbons (Fsp3) is 0.750. The van der Waals surface area contributed by atoms with E-state index in [9.17, 15) is 26.7 Å². The standard InChI is InChI=1S/C18H27F2N5O2.C2HF3O2/c1-22-10-13(16(21-22)17(19)20)18(26)25-11-14-15(12-25)27-9-8-24(14)7-6-23-4-2-3-5-23;3-2(4,5)1(6)7/h10,14-15,17H,2-9,11-12H2,1H3;(H,6,7)/t14-,15+;/m1./s1. The van der Waals surface area contributed by atoms with Gasteiger partial charge in [-0.1, -0.05) is 0 Å². The predicted octanol–water partition coefficient (Wildman–Crippen LogP) is 1.61. The summed E-state index contributed by atoms with van der Waals surface area (Å²) in [6.07, 6.45) is -3.96. The second-order valence-corrected chi connectivity index (χ2v) is 8.48. The lowest BCUT2D eigenvalue weighted by molar-refractivity contribution is -0.192. The Hall–Kier alpha value is -2.32. The molecule has 0 aliphatic carbocycles. The number of aliphatic carboxylic acids is 1. The van der Waals surface area contributed by atoms with Gasteiger partial charge in [0.15, 0.2) is 0 Å². The van der Waals surface area contributed by atoms with Gasteiger partial charge < -0.3 is 19.6 Å². The Labute approximate surface area is 193 Å². The first-order valence-electron chi connectivity index (χ1n) is 11.0. The molecule has 0 saturated carbocycles. The molecule has 34 heavy (non-hydrogen) atoms. The molecule has 0 bridgehead atoms. The third kappa shape index (κ3) is 6.42. The molecule has 0 spiro atoms. The van der Waals surface area contributed by atoms with Crippen molar-refractivity contribution in [2.24, 2.45) is 7.05 Å². The number of hydrogen-bond donors (Lipinski definition) is 1. The summed E-state index contributed by atoms with van der Waals surface area (Å²) in [6.45, 7) is 6.80. The zero-order valence-electron chi connectivity index (χ0n) is 18.7. The smallest absolute Gasteiger partial charge is 0.475 e. The van der Waals surface area contributed by atoms with Crippen molar-refractivity contribution in [3.05, 3.63) is 17.5 Å². The highest BCUT2D eigenvalue weighted by molar-refractivity contribution is 5.95. The van der Waals surface area contributed by atoms with E-state index >= 15 is 0 Å². The molecule has 14 heteroatoms.